The first kappa shape index (κ1) is 20.3. The Kier molecular flexibility index (Phi) is 7.37. The number of thioether (sulfide) groups is 1. The van der Waals surface area contributed by atoms with Crippen molar-refractivity contribution in [3.63, 3.8) is 0 Å². The van der Waals surface area contributed by atoms with Crippen LogP contribution in [0.5, 0.6) is 0 Å². The van der Waals surface area contributed by atoms with Crippen LogP contribution in [-0.4, -0.2) is 23.9 Å². The Balaban J connectivity index is 1.56. The summed E-state index contributed by atoms with van der Waals surface area (Å²) in [7, 11) is 1.67. The molecule has 0 heterocycles. The fourth-order valence-corrected chi connectivity index (χ4v) is 4.12. The maximum atomic E-state index is 12.0. The highest BCUT2D eigenvalue weighted by Crippen LogP contribution is 2.33. The van der Waals surface area contributed by atoms with Gasteiger partial charge in [0, 0.05) is 12.7 Å². The largest absolute Gasteiger partial charge is 0.377 e. The number of nitrogens with one attached hydrogen (secondary N) is 2. The third kappa shape index (κ3) is 5.76. The molecule has 0 bridgehead atoms. The van der Waals surface area contributed by atoms with Crippen LogP contribution in [0.3, 0.4) is 0 Å². The standard InChI is InChI=1S/C22H28N4OS/c1-24-26-22(23)28-15-21(27)25-20-13-11-19(12-14-20)18-9-7-17(8-10-18)16-5-3-2-4-6-16/h7-14,16,24H,2-6,15H2,1H3,(H2,23,26)(H,25,27). The van der Waals surface area contributed by atoms with Gasteiger partial charge in [-0.15, -0.1) is 0 Å². The number of rotatable bonds is 6. The fourth-order valence-electron chi connectivity index (χ4n) is 3.61. The number of hydrazone groups is 1. The van der Waals surface area contributed by atoms with Gasteiger partial charge in [0.25, 0.3) is 0 Å². The predicted octanol–water partition coefficient (Wildman–Crippen LogP) is 4.52. The molecule has 1 aliphatic rings. The molecule has 0 aromatic heterocycles. The molecule has 3 rings (SSSR count). The van der Waals surface area contributed by atoms with E-state index in [1.807, 2.05) is 24.3 Å². The van der Waals surface area contributed by atoms with Crippen molar-refractivity contribution in [3.05, 3.63) is 54.1 Å². The van der Waals surface area contributed by atoms with Crippen LogP contribution in [0.25, 0.3) is 11.1 Å². The van der Waals surface area contributed by atoms with Gasteiger partial charge in [-0.3, -0.25) is 4.79 Å². The van der Waals surface area contributed by atoms with Gasteiger partial charge < -0.3 is 16.5 Å². The molecule has 4 N–H and O–H groups in total. The quantitative estimate of drug-likeness (QED) is 0.381. The van der Waals surface area contributed by atoms with Crippen LogP contribution in [-0.2, 0) is 4.79 Å². The van der Waals surface area contributed by atoms with E-state index in [1.165, 1.54) is 55.0 Å². The molecule has 2 aromatic carbocycles. The van der Waals surface area contributed by atoms with E-state index in [9.17, 15) is 4.79 Å². The van der Waals surface area contributed by atoms with Crippen molar-refractivity contribution < 1.29 is 4.79 Å². The van der Waals surface area contributed by atoms with Gasteiger partial charge in [0.15, 0.2) is 5.17 Å². The number of nitrogens with two attached hydrogens (primary N) is 1. The maximum Gasteiger partial charge on any atom is 0.234 e. The van der Waals surface area contributed by atoms with E-state index in [2.05, 4.69) is 40.1 Å². The van der Waals surface area contributed by atoms with E-state index < -0.39 is 0 Å². The second-order valence-electron chi connectivity index (χ2n) is 7.04. The zero-order valence-electron chi connectivity index (χ0n) is 16.3. The number of benzene rings is 2. The zero-order valence-corrected chi connectivity index (χ0v) is 17.1. The summed E-state index contributed by atoms with van der Waals surface area (Å²) in [5.41, 5.74) is 12.8. The predicted molar refractivity (Wildman–Crippen MR) is 119 cm³/mol. The Labute approximate surface area is 171 Å². The molecule has 6 heteroatoms. The molecule has 1 aliphatic carbocycles. The summed E-state index contributed by atoms with van der Waals surface area (Å²) in [4.78, 5) is 12.0. The molecule has 148 valence electrons. The second-order valence-corrected chi connectivity index (χ2v) is 8.04. The van der Waals surface area contributed by atoms with Crippen LogP contribution in [0.2, 0.25) is 0 Å². The molecule has 1 saturated carbocycles. The summed E-state index contributed by atoms with van der Waals surface area (Å²) in [5.74, 6) is 0.843. The van der Waals surface area contributed by atoms with Crippen LogP contribution in [0.15, 0.2) is 53.6 Å². The summed E-state index contributed by atoms with van der Waals surface area (Å²) in [5, 5.41) is 7.03. The van der Waals surface area contributed by atoms with Crippen molar-refractivity contribution in [1.82, 2.24) is 5.43 Å². The molecule has 0 saturated heterocycles. The minimum Gasteiger partial charge on any atom is -0.377 e. The molecule has 2 aromatic rings. The van der Waals surface area contributed by atoms with Crippen LogP contribution < -0.4 is 16.5 Å². The molecule has 5 nitrogen and oxygen atoms in total. The molecule has 0 spiro atoms. The zero-order chi connectivity index (χ0) is 19.8. The normalized spacial score (nSPS) is 15.2. The highest BCUT2D eigenvalue weighted by molar-refractivity contribution is 8.14. The van der Waals surface area contributed by atoms with Gasteiger partial charge in [-0.2, -0.15) is 5.10 Å². The van der Waals surface area contributed by atoms with Crippen molar-refractivity contribution in [2.75, 3.05) is 18.1 Å². The van der Waals surface area contributed by atoms with Gasteiger partial charge in [-0.25, -0.2) is 0 Å². The van der Waals surface area contributed by atoms with Gasteiger partial charge in [0.1, 0.15) is 0 Å². The molecule has 0 radical (unpaired) electrons. The van der Waals surface area contributed by atoms with Gasteiger partial charge >= 0.3 is 0 Å². The van der Waals surface area contributed by atoms with Crippen LogP contribution >= 0.6 is 11.8 Å². The van der Waals surface area contributed by atoms with E-state index in [0.717, 1.165) is 17.2 Å². The number of carbonyl (C=O) groups is 1. The summed E-state index contributed by atoms with van der Waals surface area (Å²) < 4.78 is 0. The molecule has 0 unspecified atom stereocenters. The Morgan fingerprint density at radius 3 is 2.25 bits per heavy atom. The van der Waals surface area contributed by atoms with E-state index in [0.29, 0.717) is 5.17 Å². The van der Waals surface area contributed by atoms with Crippen molar-refractivity contribution in [2.45, 2.75) is 38.0 Å². The molecule has 28 heavy (non-hydrogen) atoms. The Hall–Kier alpha value is -2.47. The Morgan fingerprint density at radius 2 is 1.64 bits per heavy atom. The Morgan fingerprint density at radius 1 is 1.04 bits per heavy atom. The molecular weight excluding hydrogens is 368 g/mol. The van der Waals surface area contributed by atoms with Gasteiger partial charge in [-0.05, 0) is 47.6 Å². The number of nitrogens with zero attached hydrogens (tertiary/aromatic N) is 1. The summed E-state index contributed by atoms with van der Waals surface area (Å²) >= 11 is 1.19. The number of anilines is 1. The van der Waals surface area contributed by atoms with Crippen molar-refractivity contribution >= 4 is 28.5 Å². The summed E-state index contributed by atoms with van der Waals surface area (Å²) in [6.07, 6.45) is 6.73. The topological polar surface area (TPSA) is 79.5 Å². The van der Waals surface area contributed by atoms with Crippen LogP contribution in [0, 0.1) is 0 Å². The highest BCUT2D eigenvalue weighted by Gasteiger charge is 2.15. The highest BCUT2D eigenvalue weighted by atomic mass is 32.2. The molecule has 0 aliphatic heterocycles. The lowest BCUT2D eigenvalue weighted by atomic mass is 9.84. The first-order chi connectivity index (χ1) is 13.7. The van der Waals surface area contributed by atoms with Crippen molar-refractivity contribution in [3.8, 4) is 11.1 Å². The monoisotopic (exact) mass is 396 g/mol. The molecule has 1 amide bonds. The lowest BCUT2D eigenvalue weighted by Crippen LogP contribution is -2.19. The van der Waals surface area contributed by atoms with Gasteiger partial charge in [0.05, 0.1) is 5.75 Å². The SMILES string of the molecule is CN/N=C(\N)SCC(=O)Nc1ccc(-c2ccc(C3CCCCC3)cc2)cc1. The molecule has 1 fully saturated rings. The van der Waals surface area contributed by atoms with E-state index in [-0.39, 0.29) is 11.7 Å². The lowest BCUT2D eigenvalue weighted by molar-refractivity contribution is -0.113. The average Bonchev–Trinajstić information content (AvgIpc) is 2.74. The first-order valence-corrected chi connectivity index (χ1v) is 10.8. The first-order valence-electron chi connectivity index (χ1n) is 9.78. The number of hydrogen-bond acceptors (Lipinski definition) is 4. The minimum atomic E-state index is -0.108. The van der Waals surface area contributed by atoms with Crippen LogP contribution in [0.1, 0.15) is 43.6 Å². The van der Waals surface area contributed by atoms with Gasteiger partial charge in [-0.1, -0.05) is 67.4 Å². The average molecular weight is 397 g/mol. The third-order valence-corrected chi connectivity index (χ3v) is 5.86. The number of hydrogen-bond donors (Lipinski definition) is 3. The summed E-state index contributed by atoms with van der Waals surface area (Å²) in [6, 6.07) is 16.9. The third-order valence-electron chi connectivity index (χ3n) is 5.06. The fraction of sp³-hybridized carbons (Fsp3) is 0.364. The van der Waals surface area contributed by atoms with E-state index in [4.69, 9.17) is 5.73 Å². The molecule has 0 atom stereocenters. The van der Waals surface area contributed by atoms with Gasteiger partial charge in [0.2, 0.25) is 5.91 Å². The molecular formula is C22H28N4OS. The van der Waals surface area contributed by atoms with Crippen molar-refractivity contribution in [2.24, 2.45) is 10.8 Å². The summed E-state index contributed by atoms with van der Waals surface area (Å²) in [6.45, 7) is 0. The second kappa shape index (κ2) is 10.2. The Bertz CT molecular complexity index is 796. The van der Waals surface area contributed by atoms with Crippen molar-refractivity contribution in [1.29, 1.82) is 0 Å². The smallest absolute Gasteiger partial charge is 0.234 e. The number of amides is 1. The number of carbonyl (C=O) groups excluding carboxylic acids is 1. The van der Waals surface area contributed by atoms with E-state index >= 15 is 0 Å². The number of amidine groups is 1. The van der Waals surface area contributed by atoms with E-state index in [1.54, 1.807) is 7.05 Å². The minimum absolute atomic E-state index is 0.108. The maximum absolute atomic E-state index is 12.0. The van der Waals surface area contributed by atoms with Crippen LogP contribution in [0.4, 0.5) is 5.69 Å². The lowest BCUT2D eigenvalue weighted by Gasteiger charge is -2.22.